The molecule has 0 aliphatic heterocycles. The number of hydrogen-bond donors (Lipinski definition) is 1. The summed E-state index contributed by atoms with van der Waals surface area (Å²) in [7, 11) is 0. The van der Waals surface area contributed by atoms with Gasteiger partial charge in [0.25, 0.3) is 0 Å². The van der Waals surface area contributed by atoms with Gasteiger partial charge in [-0.2, -0.15) is 5.26 Å². The van der Waals surface area contributed by atoms with Crippen LogP contribution in [0.5, 0.6) is 0 Å². The van der Waals surface area contributed by atoms with Crippen molar-refractivity contribution < 1.29 is 4.79 Å². The van der Waals surface area contributed by atoms with Gasteiger partial charge < -0.3 is 5.32 Å². The highest BCUT2D eigenvalue weighted by atomic mass is 32.1. The Hall–Kier alpha value is -1.34. The highest BCUT2D eigenvalue weighted by molar-refractivity contribution is 7.10. The van der Waals surface area contributed by atoms with Crippen LogP contribution in [0.4, 0.5) is 0 Å². The summed E-state index contributed by atoms with van der Waals surface area (Å²) in [6, 6.07) is 6.00. The van der Waals surface area contributed by atoms with Crippen LogP contribution in [0.25, 0.3) is 0 Å². The predicted molar refractivity (Wildman–Crippen MR) is 65.0 cm³/mol. The van der Waals surface area contributed by atoms with Gasteiger partial charge >= 0.3 is 0 Å². The molecule has 0 aromatic carbocycles. The van der Waals surface area contributed by atoms with Gasteiger partial charge in [0.1, 0.15) is 5.54 Å². The van der Waals surface area contributed by atoms with E-state index in [4.69, 9.17) is 5.26 Å². The zero-order valence-corrected chi connectivity index (χ0v) is 10.6. The number of thiophene rings is 1. The number of carbonyl (C=O) groups excluding carboxylic acids is 1. The standard InChI is InChI=1S/C12H16N2OS/c1-9(2)12(3,8-13)14-11(15)7-10-5-4-6-16-10/h4-6,9H,7H2,1-3H3,(H,14,15)/t12-/m0/s1. The van der Waals surface area contributed by atoms with Crippen LogP contribution in [0.1, 0.15) is 25.6 Å². The summed E-state index contributed by atoms with van der Waals surface area (Å²) in [5.41, 5.74) is -0.783. The van der Waals surface area contributed by atoms with Gasteiger partial charge in [0.2, 0.25) is 5.91 Å². The molecule has 1 rings (SSSR count). The molecule has 1 heterocycles. The second-order valence-electron chi connectivity index (χ2n) is 4.27. The third kappa shape index (κ3) is 3.07. The van der Waals surface area contributed by atoms with E-state index < -0.39 is 5.54 Å². The lowest BCUT2D eigenvalue weighted by Crippen LogP contribution is -2.49. The van der Waals surface area contributed by atoms with E-state index in [1.54, 1.807) is 18.3 Å². The molecule has 1 aromatic rings. The van der Waals surface area contributed by atoms with Gasteiger partial charge in [0.15, 0.2) is 0 Å². The molecular formula is C12H16N2OS. The highest BCUT2D eigenvalue weighted by Gasteiger charge is 2.29. The Labute approximate surface area is 100 Å². The van der Waals surface area contributed by atoms with Crippen LogP contribution < -0.4 is 5.32 Å². The van der Waals surface area contributed by atoms with E-state index >= 15 is 0 Å². The maximum absolute atomic E-state index is 11.7. The van der Waals surface area contributed by atoms with Gasteiger partial charge in [0, 0.05) is 4.88 Å². The van der Waals surface area contributed by atoms with Crippen molar-refractivity contribution in [2.24, 2.45) is 5.92 Å². The Morgan fingerprint density at radius 3 is 2.81 bits per heavy atom. The van der Waals surface area contributed by atoms with Gasteiger partial charge in [-0.3, -0.25) is 4.79 Å². The molecule has 0 radical (unpaired) electrons. The summed E-state index contributed by atoms with van der Waals surface area (Å²) < 4.78 is 0. The Morgan fingerprint density at radius 2 is 2.38 bits per heavy atom. The van der Waals surface area contributed by atoms with E-state index in [1.165, 1.54) is 0 Å². The van der Waals surface area contributed by atoms with Crippen LogP contribution in [-0.4, -0.2) is 11.4 Å². The number of hydrogen-bond acceptors (Lipinski definition) is 3. The monoisotopic (exact) mass is 236 g/mol. The van der Waals surface area contributed by atoms with Crippen molar-refractivity contribution in [3.05, 3.63) is 22.4 Å². The van der Waals surface area contributed by atoms with E-state index in [-0.39, 0.29) is 11.8 Å². The zero-order valence-electron chi connectivity index (χ0n) is 9.78. The molecule has 0 bridgehead atoms. The van der Waals surface area contributed by atoms with Gasteiger partial charge in [-0.15, -0.1) is 11.3 Å². The third-order valence-corrected chi connectivity index (χ3v) is 3.58. The minimum absolute atomic E-state index is 0.0878. The van der Waals surface area contributed by atoms with Crippen molar-refractivity contribution in [3.8, 4) is 6.07 Å². The molecule has 0 aliphatic carbocycles. The van der Waals surface area contributed by atoms with Gasteiger partial charge in [0.05, 0.1) is 12.5 Å². The first-order valence-corrected chi connectivity index (χ1v) is 6.10. The fourth-order valence-electron chi connectivity index (χ4n) is 1.21. The number of nitrogens with one attached hydrogen (secondary N) is 1. The third-order valence-electron chi connectivity index (χ3n) is 2.70. The zero-order chi connectivity index (χ0) is 12.2. The molecule has 0 fully saturated rings. The minimum Gasteiger partial charge on any atom is -0.338 e. The van der Waals surface area contributed by atoms with E-state index in [9.17, 15) is 4.79 Å². The second kappa shape index (κ2) is 5.13. The quantitative estimate of drug-likeness (QED) is 0.872. The van der Waals surface area contributed by atoms with Gasteiger partial charge in [-0.05, 0) is 24.3 Å². The van der Waals surface area contributed by atoms with Crippen LogP contribution in [-0.2, 0) is 11.2 Å². The largest absolute Gasteiger partial charge is 0.338 e. The predicted octanol–water partition coefficient (Wildman–Crippen LogP) is 2.35. The smallest absolute Gasteiger partial charge is 0.226 e. The van der Waals surface area contributed by atoms with Crippen molar-refractivity contribution in [1.82, 2.24) is 5.32 Å². The topological polar surface area (TPSA) is 52.9 Å². The Kier molecular flexibility index (Phi) is 4.08. The molecule has 1 atom stereocenters. The lowest BCUT2D eigenvalue weighted by molar-refractivity contribution is -0.122. The number of nitriles is 1. The van der Waals surface area contributed by atoms with Crippen LogP contribution in [0, 0.1) is 17.2 Å². The maximum Gasteiger partial charge on any atom is 0.226 e. The number of nitrogens with zero attached hydrogens (tertiary/aromatic N) is 1. The average molecular weight is 236 g/mol. The first-order valence-electron chi connectivity index (χ1n) is 5.22. The van der Waals surface area contributed by atoms with E-state index in [2.05, 4.69) is 11.4 Å². The van der Waals surface area contributed by atoms with Crippen LogP contribution >= 0.6 is 11.3 Å². The molecule has 3 nitrogen and oxygen atoms in total. The average Bonchev–Trinajstić information content (AvgIpc) is 2.69. The Bertz CT molecular complexity index is 392. The molecule has 0 saturated carbocycles. The molecule has 4 heteroatoms. The SMILES string of the molecule is CC(C)[C@](C)(C#N)NC(=O)Cc1cccs1. The Morgan fingerprint density at radius 1 is 1.69 bits per heavy atom. The first-order chi connectivity index (χ1) is 7.48. The van der Waals surface area contributed by atoms with Crippen LogP contribution in [0.15, 0.2) is 17.5 Å². The molecule has 1 N–H and O–H groups in total. The number of amides is 1. The molecule has 16 heavy (non-hydrogen) atoms. The van der Waals surface area contributed by atoms with Gasteiger partial charge in [-0.1, -0.05) is 19.9 Å². The lowest BCUT2D eigenvalue weighted by Gasteiger charge is -2.27. The fraction of sp³-hybridized carbons (Fsp3) is 0.500. The molecule has 0 spiro atoms. The number of rotatable bonds is 4. The Balaban J connectivity index is 2.61. The molecule has 0 saturated heterocycles. The molecular weight excluding hydrogens is 220 g/mol. The van der Waals surface area contributed by atoms with Crippen molar-refractivity contribution in [3.63, 3.8) is 0 Å². The van der Waals surface area contributed by atoms with Gasteiger partial charge in [-0.25, -0.2) is 0 Å². The summed E-state index contributed by atoms with van der Waals surface area (Å²) in [4.78, 5) is 12.7. The summed E-state index contributed by atoms with van der Waals surface area (Å²) >= 11 is 1.55. The molecule has 86 valence electrons. The summed E-state index contributed by atoms with van der Waals surface area (Å²) in [5, 5.41) is 13.8. The second-order valence-corrected chi connectivity index (χ2v) is 5.31. The summed E-state index contributed by atoms with van der Waals surface area (Å²) in [6.07, 6.45) is 0.349. The minimum atomic E-state index is -0.783. The maximum atomic E-state index is 11.7. The van der Waals surface area contributed by atoms with Crippen LogP contribution in [0.3, 0.4) is 0 Å². The molecule has 0 aliphatic rings. The van der Waals surface area contributed by atoms with Crippen molar-refractivity contribution in [1.29, 1.82) is 5.26 Å². The van der Waals surface area contributed by atoms with E-state index in [0.29, 0.717) is 6.42 Å². The number of carbonyl (C=O) groups is 1. The lowest BCUT2D eigenvalue weighted by atomic mass is 9.90. The van der Waals surface area contributed by atoms with E-state index in [0.717, 1.165) is 4.88 Å². The van der Waals surface area contributed by atoms with Crippen molar-refractivity contribution in [2.75, 3.05) is 0 Å². The summed E-state index contributed by atoms with van der Waals surface area (Å²) in [6.45, 7) is 5.60. The normalized spacial score (nSPS) is 14.2. The fourth-order valence-corrected chi connectivity index (χ4v) is 1.91. The molecule has 1 amide bonds. The first kappa shape index (κ1) is 12.7. The van der Waals surface area contributed by atoms with Crippen molar-refractivity contribution in [2.45, 2.75) is 32.7 Å². The molecule has 1 aromatic heterocycles. The summed E-state index contributed by atoms with van der Waals surface area (Å²) in [5.74, 6) is -0.00927. The van der Waals surface area contributed by atoms with Crippen LogP contribution in [0.2, 0.25) is 0 Å². The van der Waals surface area contributed by atoms with E-state index in [1.807, 2.05) is 31.4 Å². The van der Waals surface area contributed by atoms with Crippen molar-refractivity contribution >= 4 is 17.2 Å². The molecule has 0 unspecified atom stereocenters. The highest BCUT2D eigenvalue weighted by Crippen LogP contribution is 2.16.